The summed E-state index contributed by atoms with van der Waals surface area (Å²) in [5.41, 5.74) is 2.00. The van der Waals surface area contributed by atoms with Gasteiger partial charge in [-0.2, -0.15) is 0 Å². The van der Waals surface area contributed by atoms with E-state index in [0.717, 1.165) is 0 Å². The second-order valence-electron chi connectivity index (χ2n) is 9.88. The summed E-state index contributed by atoms with van der Waals surface area (Å²) in [6.07, 6.45) is 0. The van der Waals surface area contributed by atoms with Gasteiger partial charge >= 0.3 is 0 Å². The van der Waals surface area contributed by atoms with E-state index in [-0.39, 0.29) is 0 Å². The average Bonchev–Trinajstić information content (AvgIpc) is 2.12. The van der Waals surface area contributed by atoms with Crippen molar-refractivity contribution in [1.82, 2.24) is 0 Å². The monoisotopic (exact) mass is 252 g/mol. The molecule has 0 bridgehead atoms. The van der Waals surface area contributed by atoms with E-state index < -0.39 is 0 Å². The largest absolute Gasteiger partial charge is 0.0596 e. The first kappa shape index (κ1) is 16.1. The highest BCUT2D eigenvalue weighted by atomic mass is 14.8. The number of hydrogen-bond donors (Lipinski definition) is 0. The quantitative estimate of drug-likeness (QED) is 0.524. The molecule has 108 valence electrons. The van der Waals surface area contributed by atoms with Gasteiger partial charge < -0.3 is 0 Å². The van der Waals surface area contributed by atoms with Crippen molar-refractivity contribution in [1.29, 1.82) is 0 Å². The first-order valence-electron chi connectivity index (χ1n) is 7.50. The molecule has 0 aliphatic heterocycles. The van der Waals surface area contributed by atoms with Crippen molar-refractivity contribution >= 4 is 0 Å². The molecule has 0 aromatic heterocycles. The maximum atomic E-state index is 2.53. The van der Waals surface area contributed by atoms with Crippen LogP contribution in [0.1, 0.15) is 83.1 Å². The summed E-state index contributed by atoms with van der Waals surface area (Å²) < 4.78 is 0. The molecule has 0 unspecified atom stereocenters. The van der Waals surface area contributed by atoms with E-state index in [0.29, 0.717) is 32.5 Å². The third kappa shape index (κ3) is 1.23. The molecule has 0 spiro atoms. The fourth-order valence-electron chi connectivity index (χ4n) is 5.06. The van der Waals surface area contributed by atoms with E-state index in [1.54, 1.807) is 0 Å². The topological polar surface area (TPSA) is 0 Å². The van der Waals surface area contributed by atoms with E-state index in [4.69, 9.17) is 0 Å². The van der Waals surface area contributed by atoms with Gasteiger partial charge in [-0.25, -0.2) is 0 Å². The van der Waals surface area contributed by atoms with Crippen LogP contribution < -0.4 is 0 Å². The lowest BCUT2D eigenvalue weighted by Gasteiger charge is -2.83. The van der Waals surface area contributed by atoms with Crippen LogP contribution in [0.3, 0.4) is 0 Å². The smallest absolute Gasteiger partial charge is 0.0157 e. The van der Waals surface area contributed by atoms with Crippen LogP contribution in [0.2, 0.25) is 0 Å². The summed E-state index contributed by atoms with van der Waals surface area (Å²) in [5.74, 6) is 0. The molecule has 1 saturated carbocycles. The van der Waals surface area contributed by atoms with Crippen LogP contribution in [0.4, 0.5) is 0 Å². The number of rotatable bonds is 1. The van der Waals surface area contributed by atoms with Gasteiger partial charge in [-0.3, -0.25) is 0 Å². The summed E-state index contributed by atoms with van der Waals surface area (Å²) in [7, 11) is 0. The van der Waals surface area contributed by atoms with Crippen LogP contribution in [0.5, 0.6) is 0 Å². The molecule has 0 saturated heterocycles. The first-order valence-corrected chi connectivity index (χ1v) is 7.50. The Hall–Kier alpha value is 0. The van der Waals surface area contributed by atoms with Crippen molar-refractivity contribution < 1.29 is 0 Å². The molecule has 0 radical (unpaired) electrons. The van der Waals surface area contributed by atoms with Crippen LogP contribution in [0.25, 0.3) is 0 Å². The van der Waals surface area contributed by atoms with E-state index in [1.807, 2.05) is 0 Å². The predicted molar refractivity (Wildman–Crippen MR) is 82.7 cm³/mol. The van der Waals surface area contributed by atoms with E-state index >= 15 is 0 Å². The molecule has 0 nitrogen and oxygen atoms in total. The van der Waals surface area contributed by atoms with Crippen molar-refractivity contribution in [3.63, 3.8) is 0 Å². The Morgan fingerprint density at radius 2 is 0.778 bits per heavy atom. The number of hydrogen-bond acceptors (Lipinski definition) is 0. The van der Waals surface area contributed by atoms with Gasteiger partial charge in [0.15, 0.2) is 0 Å². The molecule has 0 N–H and O–H groups in total. The van der Waals surface area contributed by atoms with Gasteiger partial charge in [0, 0.05) is 0 Å². The molecule has 0 heteroatoms. The Balaban J connectivity index is 3.49. The molecule has 0 aromatic rings. The van der Waals surface area contributed by atoms with Gasteiger partial charge in [0.1, 0.15) is 0 Å². The van der Waals surface area contributed by atoms with Crippen LogP contribution in [0.15, 0.2) is 0 Å². The van der Waals surface area contributed by atoms with Crippen LogP contribution in [0, 0.1) is 32.5 Å². The standard InChI is InChI=1S/C18H36/c1-13(2,3)14(4,5)18(12)16(8,9)15(6,7)17(18,10)11/h1-12H3. The van der Waals surface area contributed by atoms with Crippen molar-refractivity contribution in [2.45, 2.75) is 83.1 Å². The van der Waals surface area contributed by atoms with Gasteiger partial charge in [0.05, 0.1) is 0 Å². The van der Waals surface area contributed by atoms with Gasteiger partial charge in [-0.15, -0.1) is 0 Å². The molecule has 1 aliphatic rings. The van der Waals surface area contributed by atoms with Crippen LogP contribution >= 0.6 is 0 Å². The highest BCUT2D eigenvalue weighted by molar-refractivity contribution is 5.25. The van der Waals surface area contributed by atoms with E-state index in [9.17, 15) is 0 Å². The molecular formula is C18H36. The fraction of sp³-hybridized carbons (Fsp3) is 1.00. The maximum absolute atomic E-state index is 2.53. The highest BCUT2D eigenvalue weighted by Crippen LogP contribution is 2.84. The van der Waals surface area contributed by atoms with Crippen LogP contribution in [-0.2, 0) is 0 Å². The Kier molecular flexibility index (Phi) is 3.00. The zero-order valence-corrected chi connectivity index (χ0v) is 15.0. The minimum absolute atomic E-state index is 0.294. The van der Waals surface area contributed by atoms with Gasteiger partial charge in [0.25, 0.3) is 0 Å². The molecule has 1 rings (SSSR count). The zero-order valence-electron chi connectivity index (χ0n) is 15.0. The molecule has 1 aliphatic carbocycles. The lowest BCUT2D eigenvalue weighted by Crippen LogP contribution is -2.77. The van der Waals surface area contributed by atoms with Crippen molar-refractivity contribution in [3.05, 3.63) is 0 Å². The molecule has 0 atom stereocenters. The summed E-state index contributed by atoms with van der Waals surface area (Å²) >= 11 is 0. The van der Waals surface area contributed by atoms with E-state index in [2.05, 4.69) is 83.1 Å². The highest BCUT2D eigenvalue weighted by Gasteiger charge is 2.78. The minimum Gasteiger partial charge on any atom is -0.0596 e. The molecule has 18 heavy (non-hydrogen) atoms. The molecule has 0 amide bonds. The lowest BCUT2D eigenvalue weighted by atomic mass is 9.21. The second-order valence-corrected chi connectivity index (χ2v) is 9.88. The molecule has 0 heterocycles. The Bertz CT molecular complexity index is 327. The Labute approximate surface area is 116 Å². The second kappa shape index (κ2) is 3.36. The van der Waals surface area contributed by atoms with E-state index in [1.165, 1.54) is 0 Å². The summed E-state index contributed by atoms with van der Waals surface area (Å²) in [4.78, 5) is 0. The van der Waals surface area contributed by atoms with Crippen molar-refractivity contribution in [3.8, 4) is 0 Å². The fourth-order valence-corrected chi connectivity index (χ4v) is 5.06. The zero-order chi connectivity index (χ0) is 15.0. The summed E-state index contributed by atoms with van der Waals surface area (Å²) in [6.45, 7) is 29.5. The third-order valence-electron chi connectivity index (χ3n) is 8.75. The normalized spacial score (nSPS) is 28.7. The maximum Gasteiger partial charge on any atom is -0.0157 e. The Morgan fingerprint density at radius 3 is 1.00 bits per heavy atom. The van der Waals surface area contributed by atoms with Gasteiger partial charge in [0.2, 0.25) is 0 Å². The SMILES string of the molecule is CC(C)(C)C(C)(C)C1(C)C(C)(C)C(C)(C)C1(C)C. The van der Waals surface area contributed by atoms with Gasteiger partial charge in [-0.05, 0) is 32.5 Å². The third-order valence-corrected chi connectivity index (χ3v) is 8.75. The van der Waals surface area contributed by atoms with Crippen molar-refractivity contribution in [2.24, 2.45) is 32.5 Å². The van der Waals surface area contributed by atoms with Crippen molar-refractivity contribution in [2.75, 3.05) is 0 Å². The first-order chi connectivity index (χ1) is 7.50. The Morgan fingerprint density at radius 1 is 0.500 bits per heavy atom. The van der Waals surface area contributed by atoms with Gasteiger partial charge in [-0.1, -0.05) is 83.1 Å². The molecular weight excluding hydrogens is 216 g/mol. The predicted octanol–water partition coefficient (Wildman–Crippen LogP) is 6.16. The molecule has 1 fully saturated rings. The van der Waals surface area contributed by atoms with Crippen LogP contribution in [-0.4, -0.2) is 0 Å². The summed E-state index contributed by atoms with van der Waals surface area (Å²) in [5, 5.41) is 0. The average molecular weight is 252 g/mol. The molecule has 0 aromatic carbocycles. The lowest BCUT2D eigenvalue weighted by molar-refractivity contribution is -0.352. The minimum atomic E-state index is 0.294. The summed E-state index contributed by atoms with van der Waals surface area (Å²) in [6, 6.07) is 0.